The molecule has 1 aromatic heterocycles. The lowest BCUT2D eigenvalue weighted by Gasteiger charge is -2.55. The first-order valence-electron chi connectivity index (χ1n) is 11.9. The van der Waals surface area contributed by atoms with Crippen molar-refractivity contribution in [2.75, 3.05) is 0 Å². The SMILES string of the molecule is Cc1cccc(-c2nc(C34CC5CC(CC(C5)C3)C4)nn2C/C=C/c2ccccc2)c1. The van der Waals surface area contributed by atoms with Crippen molar-refractivity contribution in [1.29, 1.82) is 0 Å². The fourth-order valence-electron chi connectivity index (χ4n) is 6.93. The third-order valence-corrected chi connectivity index (χ3v) is 7.85. The van der Waals surface area contributed by atoms with E-state index in [1.54, 1.807) is 0 Å². The lowest BCUT2D eigenvalue weighted by Crippen LogP contribution is -2.49. The lowest BCUT2D eigenvalue weighted by atomic mass is 9.49. The molecular formula is C28H31N3. The zero-order chi connectivity index (χ0) is 20.8. The molecule has 0 atom stereocenters. The van der Waals surface area contributed by atoms with Gasteiger partial charge in [-0.3, -0.25) is 0 Å². The van der Waals surface area contributed by atoms with Gasteiger partial charge in [-0.1, -0.05) is 66.2 Å². The Hall–Kier alpha value is -2.68. The molecule has 4 bridgehead atoms. The first kappa shape index (κ1) is 19.0. The van der Waals surface area contributed by atoms with E-state index in [2.05, 4.69) is 78.4 Å². The van der Waals surface area contributed by atoms with Crippen LogP contribution in [0.4, 0.5) is 0 Å². The Morgan fingerprint density at radius 1 is 0.935 bits per heavy atom. The van der Waals surface area contributed by atoms with Crippen molar-refractivity contribution in [1.82, 2.24) is 14.8 Å². The van der Waals surface area contributed by atoms with Gasteiger partial charge in [0, 0.05) is 11.0 Å². The van der Waals surface area contributed by atoms with Crippen LogP contribution in [-0.2, 0) is 12.0 Å². The number of benzene rings is 2. The number of nitrogens with zero attached hydrogens (tertiary/aromatic N) is 3. The topological polar surface area (TPSA) is 30.7 Å². The summed E-state index contributed by atoms with van der Waals surface area (Å²) in [6.07, 6.45) is 12.7. The number of allylic oxidation sites excluding steroid dienone is 1. The van der Waals surface area contributed by atoms with Gasteiger partial charge in [0.15, 0.2) is 11.6 Å². The molecule has 0 spiro atoms. The molecular weight excluding hydrogens is 378 g/mol. The van der Waals surface area contributed by atoms with Crippen molar-refractivity contribution in [3.05, 3.63) is 77.6 Å². The third kappa shape index (κ3) is 3.54. The molecule has 1 heterocycles. The molecule has 0 saturated heterocycles. The highest BCUT2D eigenvalue weighted by Gasteiger charge is 2.53. The standard InChI is InChI=1S/C28H31N3/c1-20-7-5-11-25(13-20)26-29-27(28-17-22-14-23(18-28)16-24(15-22)19-28)30-31(26)12-6-10-21-8-3-2-4-9-21/h2-11,13,22-24H,12,14-19H2,1H3/b10-6+. The molecule has 7 rings (SSSR count). The van der Waals surface area contributed by atoms with Gasteiger partial charge in [-0.25, -0.2) is 9.67 Å². The van der Waals surface area contributed by atoms with Gasteiger partial charge >= 0.3 is 0 Å². The van der Waals surface area contributed by atoms with Crippen molar-refractivity contribution in [2.45, 2.75) is 57.4 Å². The second-order valence-corrected chi connectivity index (χ2v) is 10.3. The third-order valence-electron chi connectivity index (χ3n) is 7.85. The van der Waals surface area contributed by atoms with Crippen molar-refractivity contribution in [2.24, 2.45) is 17.8 Å². The van der Waals surface area contributed by atoms with E-state index in [0.29, 0.717) is 0 Å². The zero-order valence-corrected chi connectivity index (χ0v) is 18.4. The number of aromatic nitrogens is 3. The summed E-state index contributed by atoms with van der Waals surface area (Å²) in [4.78, 5) is 5.26. The quantitative estimate of drug-likeness (QED) is 0.486. The van der Waals surface area contributed by atoms with Crippen LogP contribution < -0.4 is 0 Å². The van der Waals surface area contributed by atoms with Crippen molar-refractivity contribution in [3.63, 3.8) is 0 Å². The number of hydrogen-bond acceptors (Lipinski definition) is 2. The number of hydrogen-bond donors (Lipinski definition) is 0. The van der Waals surface area contributed by atoms with E-state index in [1.807, 2.05) is 0 Å². The van der Waals surface area contributed by atoms with E-state index in [1.165, 1.54) is 55.2 Å². The Morgan fingerprint density at radius 2 is 1.65 bits per heavy atom. The van der Waals surface area contributed by atoms with E-state index in [-0.39, 0.29) is 5.41 Å². The summed E-state index contributed by atoms with van der Waals surface area (Å²) in [6, 6.07) is 19.2. The Morgan fingerprint density at radius 3 is 2.32 bits per heavy atom. The Labute approximate surface area is 185 Å². The van der Waals surface area contributed by atoms with Crippen LogP contribution in [0.15, 0.2) is 60.7 Å². The highest BCUT2D eigenvalue weighted by molar-refractivity contribution is 5.57. The van der Waals surface area contributed by atoms with E-state index >= 15 is 0 Å². The predicted octanol–water partition coefficient (Wildman–Crippen LogP) is 6.43. The fourth-order valence-corrected chi connectivity index (χ4v) is 6.93. The molecule has 3 nitrogen and oxygen atoms in total. The van der Waals surface area contributed by atoms with Crippen LogP contribution in [0.2, 0.25) is 0 Å². The molecule has 4 aliphatic rings. The van der Waals surface area contributed by atoms with Crippen LogP contribution in [0, 0.1) is 24.7 Å². The van der Waals surface area contributed by atoms with Gasteiger partial charge < -0.3 is 0 Å². The van der Waals surface area contributed by atoms with Crippen molar-refractivity contribution < 1.29 is 0 Å². The summed E-state index contributed by atoms with van der Waals surface area (Å²) in [5.74, 6) is 4.85. The average Bonchev–Trinajstić information content (AvgIpc) is 3.19. The minimum atomic E-state index is 0.224. The maximum atomic E-state index is 5.26. The fraction of sp³-hybridized carbons (Fsp3) is 0.429. The molecule has 0 radical (unpaired) electrons. The van der Waals surface area contributed by atoms with Crippen molar-refractivity contribution in [3.8, 4) is 11.4 Å². The average molecular weight is 410 g/mol. The van der Waals surface area contributed by atoms with Gasteiger partial charge in [-0.05, 0) is 74.8 Å². The molecule has 0 unspecified atom stereocenters. The smallest absolute Gasteiger partial charge is 0.158 e. The minimum absolute atomic E-state index is 0.224. The van der Waals surface area contributed by atoms with E-state index < -0.39 is 0 Å². The Bertz CT molecular complexity index is 1070. The van der Waals surface area contributed by atoms with Crippen LogP contribution in [0.3, 0.4) is 0 Å². The van der Waals surface area contributed by atoms with Crippen LogP contribution in [0.1, 0.15) is 55.5 Å². The highest BCUT2D eigenvalue weighted by Crippen LogP contribution is 2.60. The molecule has 158 valence electrons. The number of rotatable bonds is 5. The Balaban J connectivity index is 1.37. The predicted molar refractivity (Wildman–Crippen MR) is 126 cm³/mol. The largest absolute Gasteiger partial charge is 0.242 e. The van der Waals surface area contributed by atoms with Gasteiger partial charge in [-0.15, -0.1) is 0 Å². The summed E-state index contributed by atoms with van der Waals surface area (Å²) in [6.45, 7) is 2.90. The van der Waals surface area contributed by atoms with E-state index in [9.17, 15) is 0 Å². The van der Waals surface area contributed by atoms with Crippen LogP contribution >= 0.6 is 0 Å². The Kier molecular flexibility index (Phi) is 4.59. The molecule has 31 heavy (non-hydrogen) atoms. The minimum Gasteiger partial charge on any atom is -0.242 e. The second kappa shape index (κ2) is 7.47. The van der Waals surface area contributed by atoms with Crippen molar-refractivity contribution >= 4 is 6.08 Å². The summed E-state index contributed by atoms with van der Waals surface area (Å²) in [5, 5.41) is 5.19. The molecule has 0 aliphatic heterocycles. The molecule has 4 fully saturated rings. The molecule has 0 N–H and O–H groups in total. The second-order valence-electron chi connectivity index (χ2n) is 10.3. The van der Waals surface area contributed by atoms with Gasteiger partial charge in [-0.2, -0.15) is 5.10 Å². The molecule has 4 aliphatic carbocycles. The van der Waals surface area contributed by atoms with Gasteiger partial charge in [0.2, 0.25) is 0 Å². The van der Waals surface area contributed by atoms with Gasteiger partial charge in [0.05, 0.1) is 6.54 Å². The van der Waals surface area contributed by atoms with E-state index in [0.717, 1.165) is 35.9 Å². The lowest BCUT2D eigenvalue weighted by molar-refractivity contribution is -0.00941. The monoisotopic (exact) mass is 409 g/mol. The zero-order valence-electron chi connectivity index (χ0n) is 18.4. The summed E-state index contributed by atoms with van der Waals surface area (Å²) >= 11 is 0. The van der Waals surface area contributed by atoms with E-state index in [4.69, 9.17) is 10.1 Å². The molecule has 4 saturated carbocycles. The van der Waals surface area contributed by atoms with Crippen LogP contribution in [-0.4, -0.2) is 14.8 Å². The summed E-state index contributed by atoms with van der Waals surface area (Å²) in [5.41, 5.74) is 3.89. The van der Waals surface area contributed by atoms with Crippen LogP contribution in [0.25, 0.3) is 17.5 Å². The maximum absolute atomic E-state index is 5.26. The maximum Gasteiger partial charge on any atom is 0.158 e. The summed E-state index contributed by atoms with van der Waals surface area (Å²) in [7, 11) is 0. The molecule has 3 aromatic rings. The van der Waals surface area contributed by atoms with Gasteiger partial charge in [0.25, 0.3) is 0 Å². The normalized spacial score (nSPS) is 29.1. The molecule has 2 aromatic carbocycles. The first-order chi connectivity index (χ1) is 15.2. The van der Waals surface area contributed by atoms with Gasteiger partial charge in [0.1, 0.15) is 0 Å². The first-order valence-corrected chi connectivity index (χ1v) is 11.9. The molecule has 3 heteroatoms. The summed E-state index contributed by atoms with van der Waals surface area (Å²) < 4.78 is 2.14. The molecule has 0 amide bonds. The number of aryl methyl sites for hydroxylation is 1. The highest BCUT2D eigenvalue weighted by atomic mass is 15.4. The van der Waals surface area contributed by atoms with Crippen LogP contribution in [0.5, 0.6) is 0 Å².